The molecule has 21 heavy (non-hydrogen) atoms. The van der Waals surface area contributed by atoms with Gasteiger partial charge in [-0.15, -0.1) is 12.4 Å². The van der Waals surface area contributed by atoms with Crippen LogP contribution in [0.2, 0.25) is 0 Å². The van der Waals surface area contributed by atoms with Gasteiger partial charge in [-0.3, -0.25) is 4.79 Å². The molecule has 1 amide bonds. The number of amides is 1. The molecule has 0 aliphatic rings. The summed E-state index contributed by atoms with van der Waals surface area (Å²) < 4.78 is 28.6. The Morgan fingerprint density at radius 1 is 1.19 bits per heavy atom. The third-order valence-corrected chi connectivity index (χ3v) is 2.52. The lowest BCUT2D eigenvalue weighted by Gasteiger charge is -2.12. The summed E-state index contributed by atoms with van der Waals surface area (Å²) in [5.41, 5.74) is 0.0428. The molecule has 0 spiro atoms. The Bertz CT molecular complexity index is 460. The molecular formula is C13H20ClFN2O4. The molecular weight excluding hydrogens is 303 g/mol. The topological polar surface area (TPSA) is 68.8 Å². The normalized spacial score (nSPS) is 9.71. The van der Waals surface area contributed by atoms with Crippen LogP contribution in [-0.2, 0) is 9.53 Å². The lowest BCUT2D eigenvalue weighted by atomic mass is 10.2. The molecule has 1 aromatic carbocycles. The second-order valence-corrected chi connectivity index (χ2v) is 3.90. The summed E-state index contributed by atoms with van der Waals surface area (Å²) in [7, 11) is 4.42. The zero-order chi connectivity index (χ0) is 15.0. The number of carbonyl (C=O) groups is 1. The maximum atomic E-state index is 13.8. The van der Waals surface area contributed by atoms with E-state index in [0.717, 1.165) is 6.07 Å². The first-order valence-corrected chi connectivity index (χ1v) is 6.03. The van der Waals surface area contributed by atoms with E-state index >= 15 is 0 Å². The number of benzene rings is 1. The van der Waals surface area contributed by atoms with Crippen molar-refractivity contribution in [1.82, 2.24) is 5.32 Å². The first-order valence-electron chi connectivity index (χ1n) is 6.03. The summed E-state index contributed by atoms with van der Waals surface area (Å²) in [5.74, 6) is -0.335. The SMILES string of the molecule is COCCNCC(=O)Nc1cc(OC)c(OC)cc1F.Cl. The molecule has 0 fully saturated rings. The smallest absolute Gasteiger partial charge is 0.238 e. The first-order chi connectivity index (χ1) is 9.62. The lowest BCUT2D eigenvalue weighted by Crippen LogP contribution is -2.30. The molecule has 0 aliphatic carbocycles. The van der Waals surface area contributed by atoms with Crippen molar-refractivity contribution in [2.24, 2.45) is 0 Å². The van der Waals surface area contributed by atoms with Gasteiger partial charge in [0, 0.05) is 25.8 Å². The maximum Gasteiger partial charge on any atom is 0.238 e. The highest BCUT2D eigenvalue weighted by atomic mass is 35.5. The van der Waals surface area contributed by atoms with Crippen LogP contribution in [0.25, 0.3) is 0 Å². The van der Waals surface area contributed by atoms with Crippen molar-refractivity contribution in [2.45, 2.75) is 0 Å². The number of hydrogen-bond donors (Lipinski definition) is 2. The average molecular weight is 323 g/mol. The fraction of sp³-hybridized carbons (Fsp3) is 0.462. The Balaban J connectivity index is 0.00000400. The van der Waals surface area contributed by atoms with Crippen LogP contribution in [0, 0.1) is 5.82 Å². The predicted octanol–water partition coefficient (Wildman–Crippen LogP) is 1.44. The van der Waals surface area contributed by atoms with Crippen molar-refractivity contribution in [2.75, 3.05) is 46.3 Å². The second-order valence-electron chi connectivity index (χ2n) is 3.90. The van der Waals surface area contributed by atoms with Crippen LogP contribution in [-0.4, -0.2) is 46.9 Å². The minimum atomic E-state index is -0.590. The fourth-order valence-corrected chi connectivity index (χ4v) is 1.52. The molecule has 2 N–H and O–H groups in total. The van der Waals surface area contributed by atoms with Crippen LogP contribution in [0.1, 0.15) is 0 Å². The molecule has 1 rings (SSSR count). The van der Waals surface area contributed by atoms with E-state index in [1.54, 1.807) is 7.11 Å². The van der Waals surface area contributed by atoms with Crippen molar-refractivity contribution in [3.05, 3.63) is 17.9 Å². The summed E-state index contributed by atoms with van der Waals surface area (Å²) in [4.78, 5) is 11.6. The molecule has 0 bridgehead atoms. The highest BCUT2D eigenvalue weighted by molar-refractivity contribution is 5.92. The third kappa shape index (κ3) is 6.16. The maximum absolute atomic E-state index is 13.8. The van der Waals surface area contributed by atoms with Gasteiger partial charge >= 0.3 is 0 Å². The van der Waals surface area contributed by atoms with Crippen LogP contribution < -0.4 is 20.1 Å². The Morgan fingerprint density at radius 2 is 1.81 bits per heavy atom. The molecule has 6 nitrogen and oxygen atoms in total. The molecule has 0 saturated carbocycles. The van der Waals surface area contributed by atoms with E-state index in [1.807, 2.05) is 0 Å². The lowest BCUT2D eigenvalue weighted by molar-refractivity contribution is -0.115. The van der Waals surface area contributed by atoms with Crippen LogP contribution in [0.3, 0.4) is 0 Å². The number of anilines is 1. The van der Waals surface area contributed by atoms with E-state index in [2.05, 4.69) is 10.6 Å². The largest absolute Gasteiger partial charge is 0.493 e. The Labute approximate surface area is 129 Å². The van der Waals surface area contributed by atoms with Gasteiger partial charge in [0.25, 0.3) is 0 Å². The molecule has 0 heterocycles. The number of nitrogens with one attached hydrogen (secondary N) is 2. The number of rotatable bonds is 8. The molecule has 1 aromatic rings. The van der Waals surface area contributed by atoms with Gasteiger partial charge in [0.1, 0.15) is 0 Å². The number of halogens is 2. The standard InChI is InChI=1S/C13H19FN2O4.ClH/c1-18-5-4-15-8-13(17)16-10-7-12(20-3)11(19-2)6-9(10)14;/h6-7,15H,4-5,8H2,1-3H3,(H,16,17);1H. The quantitative estimate of drug-likeness (QED) is 0.709. The van der Waals surface area contributed by atoms with Gasteiger partial charge in [0.2, 0.25) is 5.91 Å². The minimum absolute atomic E-state index is 0. The Hall–Kier alpha value is -1.57. The van der Waals surface area contributed by atoms with Crippen LogP contribution >= 0.6 is 12.4 Å². The zero-order valence-electron chi connectivity index (χ0n) is 12.2. The van der Waals surface area contributed by atoms with E-state index in [0.29, 0.717) is 18.9 Å². The monoisotopic (exact) mass is 322 g/mol. The number of carbonyl (C=O) groups excluding carboxylic acids is 1. The first kappa shape index (κ1) is 19.4. The average Bonchev–Trinajstić information content (AvgIpc) is 2.45. The van der Waals surface area contributed by atoms with Crippen LogP contribution in [0.15, 0.2) is 12.1 Å². The summed E-state index contributed by atoms with van der Waals surface area (Å²) in [6.45, 7) is 1.10. The molecule has 0 aromatic heterocycles. The Morgan fingerprint density at radius 3 is 2.38 bits per heavy atom. The minimum Gasteiger partial charge on any atom is -0.493 e. The molecule has 0 saturated heterocycles. The summed E-state index contributed by atoms with van der Waals surface area (Å²) >= 11 is 0. The number of hydrogen-bond acceptors (Lipinski definition) is 5. The van der Waals surface area contributed by atoms with Crippen molar-refractivity contribution in [1.29, 1.82) is 0 Å². The summed E-state index contributed by atoms with van der Waals surface area (Å²) in [5, 5.41) is 5.32. The van der Waals surface area contributed by atoms with Crippen molar-refractivity contribution < 1.29 is 23.4 Å². The van der Waals surface area contributed by atoms with E-state index in [4.69, 9.17) is 14.2 Å². The molecule has 0 aliphatic heterocycles. The molecule has 0 radical (unpaired) electrons. The molecule has 8 heteroatoms. The van der Waals surface area contributed by atoms with Crippen LogP contribution in [0.5, 0.6) is 11.5 Å². The molecule has 0 unspecified atom stereocenters. The molecule has 0 atom stereocenters. The number of ether oxygens (including phenoxy) is 3. The van der Waals surface area contributed by atoms with Gasteiger partial charge in [-0.25, -0.2) is 4.39 Å². The summed E-state index contributed by atoms with van der Waals surface area (Å²) in [6.07, 6.45) is 0. The number of methoxy groups -OCH3 is 3. The van der Waals surface area contributed by atoms with Gasteiger partial charge in [-0.05, 0) is 0 Å². The van der Waals surface area contributed by atoms with E-state index in [1.165, 1.54) is 20.3 Å². The van der Waals surface area contributed by atoms with Gasteiger partial charge < -0.3 is 24.8 Å². The van der Waals surface area contributed by atoms with E-state index in [9.17, 15) is 9.18 Å². The van der Waals surface area contributed by atoms with Gasteiger partial charge in [0.05, 0.1) is 33.1 Å². The second kappa shape index (κ2) is 10.2. The van der Waals surface area contributed by atoms with Gasteiger partial charge in [-0.2, -0.15) is 0 Å². The fourth-order valence-electron chi connectivity index (χ4n) is 1.52. The van der Waals surface area contributed by atoms with Crippen LogP contribution in [0.4, 0.5) is 10.1 Å². The van der Waals surface area contributed by atoms with E-state index < -0.39 is 5.82 Å². The highest BCUT2D eigenvalue weighted by Crippen LogP contribution is 2.32. The molecule has 120 valence electrons. The van der Waals surface area contributed by atoms with Gasteiger partial charge in [0.15, 0.2) is 17.3 Å². The zero-order valence-corrected chi connectivity index (χ0v) is 13.0. The highest BCUT2D eigenvalue weighted by Gasteiger charge is 2.13. The Kier molecular flexibility index (Phi) is 9.44. The van der Waals surface area contributed by atoms with Crippen molar-refractivity contribution in [3.63, 3.8) is 0 Å². The van der Waals surface area contributed by atoms with Crippen molar-refractivity contribution in [3.8, 4) is 11.5 Å². The van der Waals surface area contributed by atoms with Crippen molar-refractivity contribution >= 4 is 24.0 Å². The third-order valence-electron chi connectivity index (χ3n) is 2.52. The predicted molar refractivity (Wildman–Crippen MR) is 80.1 cm³/mol. The van der Waals surface area contributed by atoms with Gasteiger partial charge in [-0.1, -0.05) is 0 Å². The summed E-state index contributed by atoms with van der Waals surface area (Å²) in [6, 6.07) is 2.54. The van der Waals surface area contributed by atoms with E-state index in [-0.39, 0.29) is 36.3 Å².